The number of benzene rings is 2. The van der Waals surface area contributed by atoms with Crippen molar-refractivity contribution in [2.75, 3.05) is 45.5 Å². The van der Waals surface area contributed by atoms with Gasteiger partial charge in [0.25, 0.3) is 5.91 Å². The minimum atomic E-state index is -0.453. The monoisotopic (exact) mass is 626 g/mol. The third kappa shape index (κ3) is 9.72. The second-order valence-corrected chi connectivity index (χ2v) is 12.6. The summed E-state index contributed by atoms with van der Waals surface area (Å²) in [6.45, 7) is 12.0. The summed E-state index contributed by atoms with van der Waals surface area (Å²) in [5, 5.41) is 15.8. The number of carbonyl (C=O) groups is 2. The summed E-state index contributed by atoms with van der Waals surface area (Å²) in [6, 6.07) is 10.3. The Morgan fingerprint density at radius 2 is 1.82 bits per heavy atom. The molecular weight excluding hydrogens is 576 g/mol. The quantitative estimate of drug-likeness (QED) is 0.380. The molecular formula is C34H50N4O7. The molecule has 45 heavy (non-hydrogen) atoms. The summed E-state index contributed by atoms with van der Waals surface area (Å²) in [5.41, 5.74) is 1.93. The molecule has 0 unspecified atom stereocenters. The molecule has 11 nitrogen and oxygen atoms in total. The Balaban J connectivity index is 1.57. The van der Waals surface area contributed by atoms with Crippen LogP contribution in [0, 0.1) is 5.92 Å². The number of carbonyl (C=O) groups excluding carboxylic acids is 2. The molecule has 2 aromatic rings. The zero-order chi connectivity index (χ0) is 32.5. The maximum atomic E-state index is 14.3. The van der Waals surface area contributed by atoms with Gasteiger partial charge in [-0.2, -0.15) is 0 Å². The lowest BCUT2D eigenvalue weighted by molar-refractivity contribution is -0.0177. The highest BCUT2D eigenvalue weighted by Crippen LogP contribution is 2.33. The summed E-state index contributed by atoms with van der Waals surface area (Å²) in [5.74, 6) is 1.65. The van der Waals surface area contributed by atoms with Gasteiger partial charge in [0.15, 0.2) is 11.5 Å². The van der Waals surface area contributed by atoms with Crippen LogP contribution in [0.15, 0.2) is 36.4 Å². The highest BCUT2D eigenvalue weighted by atomic mass is 16.7. The first kappa shape index (κ1) is 34.3. The number of urea groups is 1. The SMILES string of the molecule is CC(C)NC(=O)Nc1ccc2c(c1)C(=O)N([C@H](C)CO)C[C@@H](C)[C@H](CN(C)Cc1ccc3c(c1)OCO3)OCCCC[C@H](C)O2. The van der Waals surface area contributed by atoms with Gasteiger partial charge in [-0.1, -0.05) is 13.0 Å². The number of fused-ring (bicyclic) bond motifs is 2. The number of rotatable bonds is 8. The Hall–Kier alpha value is -3.54. The normalized spacial score (nSPS) is 21.6. The van der Waals surface area contributed by atoms with Gasteiger partial charge in [-0.3, -0.25) is 9.69 Å². The van der Waals surface area contributed by atoms with Gasteiger partial charge >= 0.3 is 6.03 Å². The average Bonchev–Trinajstić information content (AvgIpc) is 3.46. The van der Waals surface area contributed by atoms with Crippen LogP contribution < -0.4 is 24.8 Å². The second kappa shape index (κ2) is 16.1. The molecule has 0 aromatic heterocycles. The highest BCUT2D eigenvalue weighted by molar-refractivity contribution is 5.99. The van der Waals surface area contributed by atoms with E-state index in [0.29, 0.717) is 43.2 Å². The molecule has 0 fully saturated rings. The van der Waals surface area contributed by atoms with Crippen molar-refractivity contribution in [2.45, 2.75) is 84.7 Å². The predicted octanol–water partition coefficient (Wildman–Crippen LogP) is 4.87. The van der Waals surface area contributed by atoms with Gasteiger partial charge in [0.2, 0.25) is 6.79 Å². The van der Waals surface area contributed by atoms with Crippen LogP contribution in [0.4, 0.5) is 10.5 Å². The summed E-state index contributed by atoms with van der Waals surface area (Å²) in [4.78, 5) is 30.6. The van der Waals surface area contributed by atoms with E-state index in [9.17, 15) is 14.7 Å². The molecule has 248 valence electrons. The molecule has 4 atom stereocenters. The van der Waals surface area contributed by atoms with Gasteiger partial charge in [-0.25, -0.2) is 4.79 Å². The first-order valence-electron chi connectivity index (χ1n) is 16.0. The fourth-order valence-electron chi connectivity index (χ4n) is 5.61. The van der Waals surface area contributed by atoms with E-state index in [1.165, 1.54) is 0 Å². The van der Waals surface area contributed by atoms with Crippen molar-refractivity contribution < 1.29 is 33.6 Å². The molecule has 2 aliphatic rings. The van der Waals surface area contributed by atoms with E-state index in [1.54, 1.807) is 23.1 Å². The van der Waals surface area contributed by atoms with Gasteiger partial charge in [-0.15, -0.1) is 0 Å². The van der Waals surface area contributed by atoms with Crippen molar-refractivity contribution in [3.05, 3.63) is 47.5 Å². The molecule has 2 aliphatic heterocycles. The van der Waals surface area contributed by atoms with Crippen molar-refractivity contribution in [3.63, 3.8) is 0 Å². The van der Waals surface area contributed by atoms with E-state index in [0.717, 1.165) is 36.3 Å². The van der Waals surface area contributed by atoms with Crippen molar-refractivity contribution in [1.29, 1.82) is 0 Å². The zero-order valence-electron chi connectivity index (χ0n) is 27.5. The van der Waals surface area contributed by atoms with E-state index < -0.39 is 6.04 Å². The van der Waals surface area contributed by atoms with Crippen molar-refractivity contribution in [3.8, 4) is 17.2 Å². The number of nitrogens with zero attached hydrogens (tertiary/aromatic N) is 2. The fraction of sp³-hybridized carbons (Fsp3) is 0.588. The molecule has 11 heteroatoms. The Morgan fingerprint density at radius 3 is 2.58 bits per heavy atom. The molecule has 3 N–H and O–H groups in total. The Morgan fingerprint density at radius 1 is 1.07 bits per heavy atom. The van der Waals surface area contributed by atoms with Gasteiger partial charge in [-0.05, 0) is 89.9 Å². The summed E-state index contributed by atoms with van der Waals surface area (Å²) < 4.78 is 23.8. The average molecular weight is 627 g/mol. The number of nitrogens with one attached hydrogen (secondary N) is 2. The lowest BCUT2D eigenvalue weighted by Gasteiger charge is -2.36. The van der Waals surface area contributed by atoms with Crippen LogP contribution >= 0.6 is 0 Å². The minimum absolute atomic E-state index is 0.0401. The lowest BCUT2D eigenvalue weighted by atomic mass is 10.0. The molecule has 4 rings (SSSR count). The van der Waals surface area contributed by atoms with Gasteiger partial charge in [0, 0.05) is 43.9 Å². The van der Waals surface area contributed by atoms with Crippen LogP contribution in [0.1, 0.15) is 69.8 Å². The third-order valence-corrected chi connectivity index (χ3v) is 8.11. The molecule has 0 radical (unpaired) electrons. The van der Waals surface area contributed by atoms with Crippen LogP contribution in [0.25, 0.3) is 0 Å². The van der Waals surface area contributed by atoms with E-state index in [-0.39, 0.29) is 49.5 Å². The summed E-state index contributed by atoms with van der Waals surface area (Å²) in [7, 11) is 2.06. The van der Waals surface area contributed by atoms with Crippen molar-refractivity contribution in [2.24, 2.45) is 5.92 Å². The largest absolute Gasteiger partial charge is 0.490 e. The Kier molecular flexibility index (Phi) is 12.3. The molecule has 0 spiro atoms. The lowest BCUT2D eigenvalue weighted by Crippen LogP contribution is -2.47. The standard InChI is InChI=1S/C34H50N4O7/c1-22(2)35-34(41)36-27-11-13-29-28(16-27)33(40)38(24(4)20-39)17-23(3)32(42-14-8-7-9-25(5)45-29)19-37(6)18-26-10-12-30-31(15-26)44-21-43-30/h10-13,15-16,22-25,32,39H,7-9,14,17-21H2,1-6H3,(H2,35,36,41)/t23-,24-,25+,32+/m1/s1. The predicted molar refractivity (Wildman–Crippen MR) is 173 cm³/mol. The molecule has 2 heterocycles. The van der Waals surface area contributed by atoms with E-state index >= 15 is 0 Å². The van der Waals surface area contributed by atoms with Crippen LogP contribution in [-0.2, 0) is 11.3 Å². The number of hydrogen-bond donors (Lipinski definition) is 3. The maximum absolute atomic E-state index is 14.3. The van der Waals surface area contributed by atoms with Gasteiger partial charge < -0.3 is 39.6 Å². The number of aliphatic hydroxyl groups excluding tert-OH is 1. The zero-order valence-corrected chi connectivity index (χ0v) is 27.5. The Bertz CT molecular complexity index is 1290. The maximum Gasteiger partial charge on any atom is 0.319 e. The summed E-state index contributed by atoms with van der Waals surface area (Å²) in [6.07, 6.45) is 2.32. The van der Waals surface area contributed by atoms with Crippen molar-refractivity contribution in [1.82, 2.24) is 15.1 Å². The number of likely N-dealkylation sites (N-methyl/N-ethyl adjacent to an activating group) is 1. The molecule has 0 bridgehead atoms. The van der Waals surface area contributed by atoms with Gasteiger partial charge in [0.1, 0.15) is 5.75 Å². The number of amides is 3. The third-order valence-electron chi connectivity index (χ3n) is 8.11. The number of anilines is 1. The molecule has 0 saturated carbocycles. The van der Waals surface area contributed by atoms with E-state index in [4.69, 9.17) is 18.9 Å². The second-order valence-electron chi connectivity index (χ2n) is 12.6. The Labute approximate surface area is 267 Å². The molecule has 0 aliphatic carbocycles. The fourth-order valence-corrected chi connectivity index (χ4v) is 5.61. The van der Waals surface area contributed by atoms with Crippen LogP contribution in [-0.4, -0.2) is 91.3 Å². The molecule has 0 saturated heterocycles. The smallest absolute Gasteiger partial charge is 0.319 e. The van der Waals surface area contributed by atoms with E-state index in [1.807, 2.05) is 45.9 Å². The summed E-state index contributed by atoms with van der Waals surface area (Å²) >= 11 is 0. The minimum Gasteiger partial charge on any atom is -0.490 e. The first-order chi connectivity index (χ1) is 21.5. The van der Waals surface area contributed by atoms with Crippen molar-refractivity contribution >= 4 is 17.6 Å². The van der Waals surface area contributed by atoms with Gasteiger partial charge in [0.05, 0.1) is 30.4 Å². The van der Waals surface area contributed by atoms with Crippen LogP contribution in [0.5, 0.6) is 17.2 Å². The number of aliphatic hydroxyl groups is 1. The highest BCUT2D eigenvalue weighted by Gasteiger charge is 2.30. The number of ether oxygens (including phenoxy) is 4. The molecule has 2 aromatic carbocycles. The van der Waals surface area contributed by atoms with Crippen LogP contribution in [0.2, 0.25) is 0 Å². The number of hydrogen-bond acceptors (Lipinski definition) is 8. The van der Waals surface area contributed by atoms with E-state index in [2.05, 4.69) is 29.5 Å². The first-order valence-corrected chi connectivity index (χ1v) is 16.0. The topological polar surface area (TPSA) is 122 Å². The molecule has 3 amide bonds. The van der Waals surface area contributed by atoms with Crippen LogP contribution in [0.3, 0.4) is 0 Å².